The summed E-state index contributed by atoms with van der Waals surface area (Å²) in [6, 6.07) is 92.9. The molecule has 0 aliphatic rings. The number of aromatic nitrogens is 6. The molecule has 0 spiro atoms. The molecule has 0 saturated carbocycles. The predicted octanol–water partition coefficient (Wildman–Crippen LogP) is 21.2. The highest BCUT2D eigenvalue weighted by molar-refractivity contribution is 6.14. The molecular weight excluding hydrogens is 1170 g/mol. The number of pyridine rings is 4. The number of nitriles is 2. The molecule has 0 amide bonds. The minimum Gasteiger partial charge on any atom is -0.308 e. The zero-order valence-corrected chi connectivity index (χ0v) is 50.0. The summed E-state index contributed by atoms with van der Waals surface area (Å²) in [7, 11) is 0. The van der Waals surface area contributed by atoms with Crippen LogP contribution in [0, 0.1) is 22.7 Å². The molecule has 0 bridgehead atoms. The minimum absolute atomic E-state index is 0.0978. The number of nitrogens with zero attached hydrogens (tertiary/aromatic N) is 8. The molecule has 6 heterocycles. The van der Waals surface area contributed by atoms with Crippen LogP contribution in [0.3, 0.4) is 0 Å². The first-order chi connectivity index (χ1) is 46.1. The second-order valence-corrected chi connectivity index (χ2v) is 23.2. The third kappa shape index (κ3) is 10.2. The van der Waals surface area contributed by atoms with Crippen molar-refractivity contribution in [3.8, 4) is 124 Å². The normalized spacial score (nSPS) is 11.5. The fourth-order valence-electron chi connectivity index (χ4n) is 13.1. The van der Waals surface area contributed by atoms with Crippen molar-refractivity contribution in [2.45, 2.75) is 6.18 Å². The van der Waals surface area contributed by atoms with Crippen LogP contribution in [0.4, 0.5) is 13.2 Å². The van der Waals surface area contributed by atoms with Crippen molar-refractivity contribution in [2.24, 2.45) is 0 Å². The molecule has 0 atom stereocenters. The SMILES string of the molecule is N#Cc1cc(-c2ccc(-n3c4cc(-c5ccnc(-c6ccccc6)c5)ccc4c4ccc(-c5ccnc(-c6ccccc6)c5)cc43)c(C#N)c2-n2c3cc(-c4ccnc(-c5ccccc5)c4)ccc3c3ccc(-c4ccnc(-c5ccccc5)c4)cc32)cc(C(F)(F)F)c1. The van der Waals surface area contributed by atoms with Gasteiger partial charge in [-0.05, 0) is 147 Å². The van der Waals surface area contributed by atoms with E-state index >= 15 is 13.2 Å². The summed E-state index contributed by atoms with van der Waals surface area (Å²) in [5, 5.41) is 26.5. The molecule has 0 saturated heterocycles. The smallest absolute Gasteiger partial charge is 0.308 e. The number of fused-ring (bicyclic) bond motifs is 6. The summed E-state index contributed by atoms with van der Waals surface area (Å²) in [4.78, 5) is 19.1. The maximum Gasteiger partial charge on any atom is 0.416 e. The summed E-state index contributed by atoms with van der Waals surface area (Å²) < 4.78 is 50.1. The van der Waals surface area contributed by atoms with Crippen LogP contribution in [0.1, 0.15) is 16.7 Å². The van der Waals surface area contributed by atoms with Crippen molar-refractivity contribution in [1.29, 1.82) is 10.5 Å². The van der Waals surface area contributed by atoms with Crippen LogP contribution in [0.5, 0.6) is 0 Å². The van der Waals surface area contributed by atoms with Crippen LogP contribution in [-0.4, -0.2) is 29.1 Å². The second-order valence-electron chi connectivity index (χ2n) is 23.2. The highest BCUT2D eigenvalue weighted by atomic mass is 19.4. The van der Waals surface area contributed by atoms with Gasteiger partial charge in [0.2, 0.25) is 0 Å². The number of alkyl halides is 3. The van der Waals surface area contributed by atoms with E-state index in [4.69, 9.17) is 19.9 Å². The van der Waals surface area contributed by atoms with Crippen LogP contribution < -0.4 is 0 Å². The number of halogens is 3. The van der Waals surface area contributed by atoms with E-state index in [-0.39, 0.29) is 16.7 Å². The van der Waals surface area contributed by atoms with Gasteiger partial charge in [0, 0.05) is 74.1 Å². The van der Waals surface area contributed by atoms with E-state index in [1.807, 2.05) is 187 Å². The number of hydrogen-bond acceptors (Lipinski definition) is 6. The molecule has 0 N–H and O–H groups in total. The van der Waals surface area contributed by atoms with Gasteiger partial charge in [0.25, 0.3) is 0 Å². The van der Waals surface area contributed by atoms with Gasteiger partial charge < -0.3 is 9.13 Å². The van der Waals surface area contributed by atoms with Crippen LogP contribution in [0.2, 0.25) is 0 Å². The van der Waals surface area contributed by atoms with Crippen LogP contribution >= 0.6 is 0 Å². The van der Waals surface area contributed by atoms with Crippen molar-refractivity contribution >= 4 is 43.6 Å². The summed E-state index contributed by atoms with van der Waals surface area (Å²) in [6.45, 7) is 0. The summed E-state index contributed by atoms with van der Waals surface area (Å²) in [5.41, 5.74) is 17.0. The Labute approximate surface area is 538 Å². The van der Waals surface area contributed by atoms with Gasteiger partial charge in [-0.15, -0.1) is 0 Å². The zero-order valence-electron chi connectivity index (χ0n) is 50.0. The monoisotopic (exact) mass is 1210 g/mol. The molecule has 16 aromatic rings. The minimum atomic E-state index is -4.82. The van der Waals surface area contributed by atoms with Crippen molar-refractivity contribution in [3.05, 3.63) is 314 Å². The molecule has 6 aromatic heterocycles. The first-order valence-corrected chi connectivity index (χ1v) is 30.6. The molecule has 442 valence electrons. The lowest BCUT2D eigenvalue weighted by Gasteiger charge is -2.21. The standard InChI is InChI=1S/C83H49F3N8/c84-83(85,86)66-40-52(50-87)39-65(41-66)67-29-30-77(93-78-46-57(61-31-35-89-73(42-61)53-13-5-1-6-14-53)21-25-68(78)69-26-22-58(47-79(69)93)62-32-36-90-74(43-62)54-15-7-2-8-16-54)72(51-88)82(67)94-80-48-59(63-33-37-91-75(44-63)55-17-9-3-10-18-55)23-27-70(80)71-28-24-60(49-81(71)94)64-34-38-92-76(45-64)56-19-11-4-12-20-56/h1-49H. The molecule has 16 rings (SSSR count). The van der Waals surface area contributed by atoms with E-state index in [1.54, 1.807) is 18.5 Å². The fraction of sp³-hybridized carbons (Fsp3) is 0.0120. The van der Waals surface area contributed by atoms with Crippen molar-refractivity contribution in [3.63, 3.8) is 0 Å². The molecular formula is C83H49F3N8. The fourth-order valence-corrected chi connectivity index (χ4v) is 13.1. The first kappa shape index (κ1) is 56.4. The second kappa shape index (κ2) is 23.2. The Morgan fingerprint density at radius 2 is 0.638 bits per heavy atom. The van der Waals surface area contributed by atoms with E-state index in [0.717, 1.165) is 134 Å². The van der Waals surface area contributed by atoms with E-state index in [2.05, 4.69) is 95.6 Å². The van der Waals surface area contributed by atoms with Crippen molar-refractivity contribution in [2.75, 3.05) is 0 Å². The molecule has 0 fully saturated rings. The lowest BCUT2D eigenvalue weighted by molar-refractivity contribution is -0.137. The van der Waals surface area contributed by atoms with E-state index in [9.17, 15) is 10.5 Å². The quantitative estimate of drug-likeness (QED) is 0.128. The molecule has 0 radical (unpaired) electrons. The van der Waals surface area contributed by atoms with Gasteiger partial charge in [-0.25, -0.2) is 0 Å². The Morgan fingerprint density at radius 1 is 0.298 bits per heavy atom. The van der Waals surface area contributed by atoms with Gasteiger partial charge in [0.05, 0.1) is 73.4 Å². The molecule has 94 heavy (non-hydrogen) atoms. The lowest BCUT2D eigenvalue weighted by Crippen LogP contribution is -2.08. The Morgan fingerprint density at radius 3 is 0.968 bits per heavy atom. The molecule has 11 heteroatoms. The Hall–Kier alpha value is -12.8. The van der Waals surface area contributed by atoms with Gasteiger partial charge in [-0.1, -0.05) is 176 Å². The van der Waals surface area contributed by atoms with E-state index < -0.39 is 11.7 Å². The molecule has 8 nitrogen and oxygen atoms in total. The Kier molecular flexibility index (Phi) is 13.9. The Bertz CT molecular complexity index is 5470. The summed E-state index contributed by atoms with van der Waals surface area (Å²) in [6.07, 6.45) is 2.36. The van der Waals surface area contributed by atoms with Gasteiger partial charge in [-0.2, -0.15) is 23.7 Å². The van der Waals surface area contributed by atoms with Gasteiger partial charge in [0.1, 0.15) is 11.6 Å². The van der Waals surface area contributed by atoms with Gasteiger partial charge in [-0.3, -0.25) is 19.9 Å². The highest BCUT2D eigenvalue weighted by Gasteiger charge is 2.33. The first-order valence-electron chi connectivity index (χ1n) is 30.6. The third-order valence-electron chi connectivity index (χ3n) is 17.6. The third-order valence-corrected chi connectivity index (χ3v) is 17.6. The Balaban J connectivity index is 1.02. The summed E-state index contributed by atoms with van der Waals surface area (Å²) >= 11 is 0. The molecule has 10 aromatic carbocycles. The lowest BCUT2D eigenvalue weighted by atomic mass is 9.94. The highest BCUT2D eigenvalue weighted by Crippen LogP contribution is 2.46. The maximum absolute atomic E-state index is 15.3. The topological polar surface area (TPSA) is 109 Å². The van der Waals surface area contributed by atoms with E-state index in [1.165, 1.54) is 6.07 Å². The van der Waals surface area contributed by atoms with Crippen LogP contribution in [-0.2, 0) is 6.18 Å². The van der Waals surface area contributed by atoms with Crippen molar-refractivity contribution in [1.82, 2.24) is 29.1 Å². The summed E-state index contributed by atoms with van der Waals surface area (Å²) in [5.74, 6) is 0. The van der Waals surface area contributed by atoms with Gasteiger partial charge in [0.15, 0.2) is 0 Å². The molecule has 0 unspecified atom stereocenters. The number of rotatable bonds is 11. The molecule has 0 aliphatic carbocycles. The van der Waals surface area contributed by atoms with E-state index in [0.29, 0.717) is 28.0 Å². The van der Waals surface area contributed by atoms with Crippen molar-refractivity contribution < 1.29 is 13.2 Å². The zero-order chi connectivity index (χ0) is 63.4. The molecule has 0 aliphatic heterocycles. The van der Waals surface area contributed by atoms with Crippen LogP contribution in [0.25, 0.3) is 156 Å². The predicted molar refractivity (Wildman–Crippen MR) is 370 cm³/mol. The number of hydrogen-bond donors (Lipinski definition) is 0. The van der Waals surface area contributed by atoms with Gasteiger partial charge >= 0.3 is 6.18 Å². The maximum atomic E-state index is 15.3. The average molecular weight is 1220 g/mol. The van der Waals surface area contributed by atoms with Crippen LogP contribution in [0.15, 0.2) is 298 Å². The average Bonchev–Trinajstić information content (AvgIpc) is 1.54. The largest absolute Gasteiger partial charge is 0.416 e. The number of benzene rings is 10.